The largest absolute Gasteiger partial charge is 0.463 e. The van der Waals surface area contributed by atoms with Gasteiger partial charge in [0.2, 0.25) is 0 Å². The molecule has 0 N–H and O–H groups in total. The summed E-state index contributed by atoms with van der Waals surface area (Å²) in [4.78, 5) is 29.6. The van der Waals surface area contributed by atoms with Gasteiger partial charge in [-0.25, -0.2) is 0 Å². The maximum Gasteiger partial charge on any atom is 0.310 e. The number of esters is 2. The van der Waals surface area contributed by atoms with Crippen LogP contribution in [0.5, 0.6) is 0 Å². The summed E-state index contributed by atoms with van der Waals surface area (Å²) in [6, 6.07) is 33.8. The van der Waals surface area contributed by atoms with Gasteiger partial charge in [0.05, 0.1) is 26.1 Å². The van der Waals surface area contributed by atoms with E-state index in [1.807, 2.05) is 24.3 Å². The van der Waals surface area contributed by atoms with Gasteiger partial charge < -0.3 is 28.7 Å². The van der Waals surface area contributed by atoms with E-state index in [-0.39, 0.29) is 37.0 Å². The number of anilines is 2. The number of ether oxygens (including phenoxy) is 4. The predicted molar refractivity (Wildman–Crippen MR) is 216 cm³/mol. The number of carbonyl (C=O) groups excluding carboxylic acids is 2. The zero-order valence-electron chi connectivity index (χ0n) is 32.0. The van der Waals surface area contributed by atoms with E-state index >= 15 is 0 Å². The Labute approximate surface area is 320 Å². The van der Waals surface area contributed by atoms with Gasteiger partial charge in [-0.3, -0.25) is 9.59 Å². The van der Waals surface area contributed by atoms with E-state index in [1.54, 1.807) is 0 Å². The van der Waals surface area contributed by atoms with Crippen LogP contribution in [0.3, 0.4) is 0 Å². The van der Waals surface area contributed by atoms with Crippen LogP contribution in [0.15, 0.2) is 109 Å². The molecule has 2 heterocycles. The predicted octanol–water partition coefficient (Wildman–Crippen LogP) is 7.91. The van der Waals surface area contributed by atoms with Crippen molar-refractivity contribution in [3.8, 4) is 0 Å². The highest BCUT2D eigenvalue weighted by Crippen LogP contribution is 2.31. The van der Waals surface area contributed by atoms with Crippen molar-refractivity contribution in [3.63, 3.8) is 0 Å². The van der Waals surface area contributed by atoms with Crippen molar-refractivity contribution in [2.75, 3.05) is 62.4 Å². The zero-order valence-corrected chi connectivity index (χ0v) is 32.0. The second-order valence-electron chi connectivity index (χ2n) is 13.6. The van der Waals surface area contributed by atoms with Gasteiger partial charge in [0.15, 0.2) is 0 Å². The van der Waals surface area contributed by atoms with E-state index < -0.39 is 0 Å². The molecule has 2 saturated heterocycles. The first kappa shape index (κ1) is 38.5. The Morgan fingerprint density at radius 3 is 1.11 bits per heavy atom. The van der Waals surface area contributed by atoms with Crippen molar-refractivity contribution < 1.29 is 28.5 Å². The first-order valence-electron chi connectivity index (χ1n) is 19.2. The van der Waals surface area contributed by atoms with Gasteiger partial charge in [-0.2, -0.15) is 0 Å². The average Bonchev–Trinajstić information content (AvgIpc) is 4.14. The quantitative estimate of drug-likeness (QED) is 0.0548. The van der Waals surface area contributed by atoms with E-state index in [9.17, 15) is 9.59 Å². The fourth-order valence-electron chi connectivity index (χ4n) is 6.51. The van der Waals surface area contributed by atoms with E-state index in [4.69, 9.17) is 18.9 Å². The molecule has 6 rings (SSSR count). The summed E-state index contributed by atoms with van der Waals surface area (Å²) in [6.07, 6.45) is 4.84. The van der Waals surface area contributed by atoms with Crippen molar-refractivity contribution in [1.82, 2.24) is 0 Å². The molecule has 2 atom stereocenters. The summed E-state index contributed by atoms with van der Waals surface area (Å²) >= 11 is 0. The van der Waals surface area contributed by atoms with Crippen molar-refractivity contribution >= 4 is 34.5 Å². The number of hydrogen-bond acceptors (Lipinski definition) is 8. The van der Waals surface area contributed by atoms with Gasteiger partial charge in [-0.05, 0) is 96.5 Å². The third kappa shape index (κ3) is 10.7. The Morgan fingerprint density at radius 2 is 0.833 bits per heavy atom. The van der Waals surface area contributed by atoms with Crippen LogP contribution in [0.25, 0.3) is 11.1 Å². The summed E-state index contributed by atoms with van der Waals surface area (Å²) in [5, 5.41) is 0. The number of rotatable bonds is 19. The molecular weight excluding hydrogens is 677 g/mol. The summed E-state index contributed by atoms with van der Waals surface area (Å²) in [5.41, 5.74) is 10.5. The lowest BCUT2D eigenvalue weighted by Gasteiger charge is -2.22. The van der Waals surface area contributed by atoms with Gasteiger partial charge in [-0.15, -0.1) is 0 Å². The van der Waals surface area contributed by atoms with Crippen molar-refractivity contribution in [2.45, 2.75) is 52.7 Å². The van der Waals surface area contributed by atoms with Crippen LogP contribution in [0.1, 0.15) is 61.1 Å². The molecule has 0 aliphatic carbocycles. The molecule has 0 amide bonds. The molecule has 4 aromatic rings. The molecule has 4 aromatic carbocycles. The fraction of sp³-hybridized carbons (Fsp3) is 0.348. The highest BCUT2D eigenvalue weighted by Gasteiger charge is 2.25. The lowest BCUT2D eigenvalue weighted by molar-refractivity contribution is -0.144. The summed E-state index contributed by atoms with van der Waals surface area (Å²) in [7, 11) is 0. The lowest BCUT2D eigenvalue weighted by Crippen LogP contribution is -2.21. The monoisotopic (exact) mass is 728 g/mol. The molecule has 2 fully saturated rings. The molecule has 0 radical (unpaired) electrons. The molecule has 8 nitrogen and oxygen atoms in total. The molecule has 0 saturated carbocycles. The summed E-state index contributed by atoms with van der Waals surface area (Å²) in [6.45, 7) is 14.4. The number of hydrogen-bond donors (Lipinski definition) is 0. The number of carbonyl (C=O) groups is 2. The number of benzene rings is 4. The van der Waals surface area contributed by atoms with Gasteiger partial charge in [0.25, 0.3) is 0 Å². The Balaban J connectivity index is 1.35. The molecule has 54 heavy (non-hydrogen) atoms. The second-order valence-corrected chi connectivity index (χ2v) is 13.6. The average molecular weight is 729 g/mol. The Kier molecular flexibility index (Phi) is 13.4. The van der Waals surface area contributed by atoms with Crippen LogP contribution in [0.2, 0.25) is 0 Å². The molecule has 0 aromatic heterocycles. The van der Waals surface area contributed by atoms with Crippen molar-refractivity contribution in [3.05, 3.63) is 143 Å². The topological polar surface area (TPSA) is 84.1 Å². The minimum Gasteiger partial charge on any atom is -0.463 e. The maximum absolute atomic E-state index is 12.5. The van der Waals surface area contributed by atoms with E-state index in [2.05, 4.69) is 122 Å². The van der Waals surface area contributed by atoms with Crippen LogP contribution in [0.4, 0.5) is 11.4 Å². The standard InChI is InChI=1S/C46H52N2O6/c1-5-47(6-2)39-21-17-37(18-22-39)44(38-19-23-40(24-20-38)48(7-3)8-4)26-25-43(35-13-9-33(10-14-35)27-45(49)53-31-41-29-51-41)36-15-11-34(12-16-36)28-46(50)54-32-42-30-52-42/h9-26,41-42H,5-8,27-32H2,1-4H3/t41-,42?/m1/s1. The van der Waals surface area contributed by atoms with Gasteiger partial charge in [0.1, 0.15) is 25.4 Å². The Morgan fingerprint density at radius 1 is 0.537 bits per heavy atom. The van der Waals surface area contributed by atoms with Crippen LogP contribution < -0.4 is 9.80 Å². The maximum atomic E-state index is 12.5. The van der Waals surface area contributed by atoms with Gasteiger partial charge in [-0.1, -0.05) is 84.9 Å². The highest BCUT2D eigenvalue weighted by molar-refractivity contribution is 5.87. The molecule has 8 heteroatoms. The molecular formula is C46H52N2O6. The van der Waals surface area contributed by atoms with Gasteiger partial charge in [0, 0.05) is 37.6 Å². The normalized spacial score (nSPS) is 16.0. The third-order valence-electron chi connectivity index (χ3n) is 9.92. The molecule has 2 aliphatic heterocycles. The molecule has 0 bridgehead atoms. The zero-order chi connectivity index (χ0) is 37.9. The third-order valence-corrected chi connectivity index (χ3v) is 9.92. The number of epoxide rings is 2. The highest BCUT2D eigenvalue weighted by atomic mass is 16.6. The summed E-state index contributed by atoms with van der Waals surface area (Å²) in [5.74, 6) is -0.529. The van der Waals surface area contributed by atoms with Crippen molar-refractivity contribution in [1.29, 1.82) is 0 Å². The van der Waals surface area contributed by atoms with Crippen LogP contribution in [0, 0.1) is 0 Å². The number of allylic oxidation sites excluding steroid dienone is 2. The Hall–Kier alpha value is -5.18. The lowest BCUT2D eigenvalue weighted by atomic mass is 9.92. The van der Waals surface area contributed by atoms with E-state index in [1.165, 1.54) is 11.4 Å². The summed E-state index contributed by atoms with van der Waals surface area (Å²) < 4.78 is 21.1. The molecule has 1 unspecified atom stereocenters. The molecule has 0 spiro atoms. The first-order chi connectivity index (χ1) is 26.4. The Bertz CT molecular complexity index is 1750. The van der Waals surface area contributed by atoms with Crippen LogP contribution in [-0.4, -0.2) is 76.8 Å². The fourth-order valence-corrected chi connectivity index (χ4v) is 6.51. The molecule has 2 aliphatic rings. The van der Waals surface area contributed by atoms with Crippen LogP contribution >= 0.6 is 0 Å². The van der Waals surface area contributed by atoms with E-state index in [0.29, 0.717) is 26.4 Å². The second kappa shape index (κ2) is 18.7. The smallest absolute Gasteiger partial charge is 0.310 e. The van der Waals surface area contributed by atoms with Crippen molar-refractivity contribution in [2.24, 2.45) is 0 Å². The van der Waals surface area contributed by atoms with Crippen LogP contribution in [-0.2, 0) is 41.4 Å². The minimum absolute atomic E-state index is 0.0389. The first-order valence-corrected chi connectivity index (χ1v) is 19.2. The van der Waals surface area contributed by atoms with E-state index in [0.717, 1.165) is 70.7 Å². The number of nitrogens with zero attached hydrogens (tertiary/aromatic N) is 2. The SMILES string of the molecule is CCN(CC)c1ccc(C(=CC=C(c2ccc(CC(=O)OCC3CO3)cc2)c2ccc(CC(=O)OC[C@H]3CO3)cc2)c2ccc(N(CC)CC)cc2)cc1. The molecule has 282 valence electrons. The minimum atomic E-state index is -0.264. The van der Waals surface area contributed by atoms with Gasteiger partial charge >= 0.3 is 11.9 Å².